The number of hydrogen-bond donors (Lipinski definition) is 2. The van der Waals surface area contributed by atoms with Crippen LogP contribution in [0.3, 0.4) is 0 Å². The zero-order valence-electron chi connectivity index (χ0n) is 12.2. The van der Waals surface area contributed by atoms with Crippen LogP contribution in [-0.4, -0.2) is 29.2 Å². The summed E-state index contributed by atoms with van der Waals surface area (Å²) in [6, 6.07) is 5.73. The number of methoxy groups -OCH3 is 2. The van der Waals surface area contributed by atoms with E-state index in [1.165, 1.54) is 6.33 Å². The molecule has 0 atom stereocenters. The van der Waals surface area contributed by atoms with E-state index in [9.17, 15) is 0 Å². The molecule has 3 rings (SSSR count). The van der Waals surface area contributed by atoms with Crippen LogP contribution in [0.15, 0.2) is 35.2 Å². The summed E-state index contributed by atoms with van der Waals surface area (Å²) in [4.78, 5) is 11.6. The predicted molar refractivity (Wildman–Crippen MR) is 88.5 cm³/mol. The highest BCUT2D eigenvalue weighted by atomic mass is 79.9. The first-order chi connectivity index (χ1) is 10.7. The first-order valence-electron chi connectivity index (χ1n) is 6.65. The average Bonchev–Trinajstić information content (AvgIpc) is 2.94. The van der Waals surface area contributed by atoms with Crippen molar-refractivity contribution in [2.45, 2.75) is 6.54 Å². The van der Waals surface area contributed by atoms with Gasteiger partial charge in [-0.05, 0) is 28.1 Å². The van der Waals surface area contributed by atoms with E-state index in [4.69, 9.17) is 9.47 Å². The largest absolute Gasteiger partial charge is 0.497 e. The molecular weight excluding hydrogens is 348 g/mol. The summed E-state index contributed by atoms with van der Waals surface area (Å²) in [7, 11) is 3.28. The Morgan fingerprint density at radius 1 is 1.23 bits per heavy atom. The average molecular weight is 363 g/mol. The Morgan fingerprint density at radius 3 is 2.86 bits per heavy atom. The van der Waals surface area contributed by atoms with Crippen molar-refractivity contribution >= 4 is 32.8 Å². The maximum absolute atomic E-state index is 5.40. The minimum Gasteiger partial charge on any atom is -0.497 e. The van der Waals surface area contributed by atoms with Crippen LogP contribution >= 0.6 is 15.9 Å². The van der Waals surface area contributed by atoms with E-state index in [0.29, 0.717) is 6.54 Å². The highest BCUT2D eigenvalue weighted by Crippen LogP contribution is 2.29. The van der Waals surface area contributed by atoms with Gasteiger partial charge in [-0.15, -0.1) is 0 Å². The van der Waals surface area contributed by atoms with Crippen molar-refractivity contribution in [3.63, 3.8) is 0 Å². The molecule has 0 amide bonds. The van der Waals surface area contributed by atoms with Crippen LogP contribution in [0.1, 0.15) is 5.56 Å². The van der Waals surface area contributed by atoms with Gasteiger partial charge < -0.3 is 19.8 Å². The van der Waals surface area contributed by atoms with Crippen LogP contribution in [0.5, 0.6) is 11.5 Å². The Bertz CT molecular complexity index is 803. The van der Waals surface area contributed by atoms with Crippen molar-refractivity contribution in [3.8, 4) is 11.5 Å². The fraction of sp³-hybridized carbons (Fsp3) is 0.200. The molecule has 0 radical (unpaired) electrons. The molecule has 0 saturated carbocycles. The summed E-state index contributed by atoms with van der Waals surface area (Å²) in [5.74, 6) is 2.29. The second-order valence-corrected chi connectivity index (χ2v) is 5.47. The highest BCUT2D eigenvalue weighted by molar-refractivity contribution is 9.10. The van der Waals surface area contributed by atoms with Gasteiger partial charge >= 0.3 is 0 Å². The highest BCUT2D eigenvalue weighted by Gasteiger charge is 2.10. The molecular formula is C15H15BrN4O2. The van der Waals surface area contributed by atoms with Gasteiger partial charge in [0.1, 0.15) is 29.3 Å². The Kier molecular flexibility index (Phi) is 4.15. The molecule has 1 aromatic carbocycles. The minimum atomic E-state index is 0.580. The lowest BCUT2D eigenvalue weighted by Gasteiger charge is -2.12. The van der Waals surface area contributed by atoms with Gasteiger partial charge in [0, 0.05) is 28.8 Å². The molecule has 0 fully saturated rings. The number of halogens is 1. The molecule has 0 bridgehead atoms. The number of nitrogens with one attached hydrogen (secondary N) is 2. The van der Waals surface area contributed by atoms with E-state index < -0.39 is 0 Å². The van der Waals surface area contributed by atoms with Crippen molar-refractivity contribution in [1.82, 2.24) is 15.0 Å². The third-order valence-electron chi connectivity index (χ3n) is 3.36. The van der Waals surface area contributed by atoms with Crippen molar-refractivity contribution in [2.75, 3.05) is 19.5 Å². The van der Waals surface area contributed by atoms with Gasteiger partial charge in [0.25, 0.3) is 0 Å². The van der Waals surface area contributed by atoms with Gasteiger partial charge in [-0.2, -0.15) is 0 Å². The second kappa shape index (κ2) is 6.23. The van der Waals surface area contributed by atoms with Crippen LogP contribution in [-0.2, 0) is 6.54 Å². The number of fused-ring (bicyclic) bond motifs is 1. The smallest absolute Gasteiger partial charge is 0.144 e. The Hall–Kier alpha value is -2.28. The van der Waals surface area contributed by atoms with E-state index in [1.807, 2.05) is 24.4 Å². The summed E-state index contributed by atoms with van der Waals surface area (Å²) in [5.41, 5.74) is 1.80. The van der Waals surface area contributed by atoms with Crippen molar-refractivity contribution in [2.24, 2.45) is 0 Å². The topological polar surface area (TPSA) is 72.1 Å². The quantitative estimate of drug-likeness (QED) is 0.728. The Labute approximate surface area is 136 Å². The predicted octanol–water partition coefficient (Wildman–Crippen LogP) is 3.35. The lowest BCUT2D eigenvalue weighted by Crippen LogP contribution is -2.04. The summed E-state index contributed by atoms with van der Waals surface area (Å²) in [6.45, 7) is 0.580. The second-order valence-electron chi connectivity index (χ2n) is 4.61. The van der Waals surface area contributed by atoms with E-state index in [-0.39, 0.29) is 0 Å². The fourth-order valence-electron chi connectivity index (χ4n) is 2.24. The number of rotatable bonds is 5. The van der Waals surface area contributed by atoms with E-state index in [1.54, 1.807) is 14.2 Å². The molecule has 2 aromatic heterocycles. The molecule has 6 nitrogen and oxygen atoms in total. The minimum absolute atomic E-state index is 0.580. The van der Waals surface area contributed by atoms with Gasteiger partial charge in [-0.3, -0.25) is 0 Å². The SMILES string of the molecule is COc1ccc(CNc2ncnc3[nH]cc(Br)c23)c(OC)c1. The molecule has 0 aliphatic rings. The van der Waals surface area contributed by atoms with E-state index in [2.05, 4.69) is 36.2 Å². The van der Waals surface area contributed by atoms with Crippen molar-refractivity contribution < 1.29 is 9.47 Å². The van der Waals surface area contributed by atoms with Crippen molar-refractivity contribution in [3.05, 3.63) is 40.8 Å². The number of aromatic amines is 1. The first kappa shape index (κ1) is 14.6. The Balaban J connectivity index is 1.87. The van der Waals surface area contributed by atoms with Crippen LogP contribution in [0.25, 0.3) is 11.0 Å². The molecule has 114 valence electrons. The van der Waals surface area contributed by atoms with Gasteiger partial charge in [-0.25, -0.2) is 9.97 Å². The van der Waals surface area contributed by atoms with Gasteiger partial charge in [0.15, 0.2) is 0 Å². The summed E-state index contributed by atoms with van der Waals surface area (Å²) >= 11 is 3.50. The van der Waals surface area contributed by atoms with Crippen LogP contribution in [0.4, 0.5) is 5.82 Å². The lowest BCUT2D eigenvalue weighted by molar-refractivity contribution is 0.391. The number of anilines is 1. The molecule has 22 heavy (non-hydrogen) atoms. The Morgan fingerprint density at radius 2 is 2.09 bits per heavy atom. The number of benzene rings is 1. The number of H-pyrrole nitrogens is 1. The van der Waals surface area contributed by atoms with E-state index >= 15 is 0 Å². The molecule has 0 saturated heterocycles. The fourth-order valence-corrected chi connectivity index (χ4v) is 2.73. The normalized spacial score (nSPS) is 10.7. The van der Waals surface area contributed by atoms with Crippen molar-refractivity contribution in [1.29, 1.82) is 0 Å². The summed E-state index contributed by atoms with van der Waals surface area (Å²) < 4.78 is 11.5. The summed E-state index contributed by atoms with van der Waals surface area (Å²) in [6.07, 6.45) is 3.37. The standard InChI is InChI=1S/C15H15BrN4O2/c1-21-10-4-3-9(12(5-10)22-2)6-17-14-13-11(16)7-18-15(13)20-8-19-14/h3-5,7-8H,6H2,1-2H3,(H2,17,18,19,20). The third kappa shape index (κ3) is 2.71. The number of aromatic nitrogens is 3. The lowest BCUT2D eigenvalue weighted by atomic mass is 10.2. The number of hydrogen-bond acceptors (Lipinski definition) is 5. The van der Waals surface area contributed by atoms with Gasteiger partial charge in [-0.1, -0.05) is 0 Å². The molecule has 0 spiro atoms. The summed E-state index contributed by atoms with van der Waals surface area (Å²) in [5, 5.41) is 4.25. The van der Waals surface area contributed by atoms with Crippen LogP contribution in [0.2, 0.25) is 0 Å². The van der Waals surface area contributed by atoms with E-state index in [0.717, 1.165) is 38.4 Å². The maximum Gasteiger partial charge on any atom is 0.144 e. The molecule has 0 unspecified atom stereocenters. The molecule has 2 heterocycles. The zero-order valence-corrected chi connectivity index (χ0v) is 13.8. The number of ether oxygens (including phenoxy) is 2. The molecule has 0 aliphatic carbocycles. The molecule has 7 heteroatoms. The maximum atomic E-state index is 5.40. The molecule has 0 aliphatic heterocycles. The van der Waals surface area contributed by atoms with Crippen LogP contribution in [0, 0.1) is 0 Å². The molecule has 2 N–H and O–H groups in total. The monoisotopic (exact) mass is 362 g/mol. The first-order valence-corrected chi connectivity index (χ1v) is 7.44. The van der Waals surface area contributed by atoms with Gasteiger partial charge in [0.05, 0.1) is 19.6 Å². The zero-order chi connectivity index (χ0) is 15.5. The van der Waals surface area contributed by atoms with Gasteiger partial charge in [0.2, 0.25) is 0 Å². The van der Waals surface area contributed by atoms with Crippen LogP contribution < -0.4 is 14.8 Å². The molecule has 3 aromatic rings. The number of nitrogens with zero attached hydrogens (tertiary/aromatic N) is 2. The third-order valence-corrected chi connectivity index (χ3v) is 3.99.